The van der Waals surface area contributed by atoms with E-state index in [9.17, 15) is 8.78 Å². The predicted octanol–water partition coefficient (Wildman–Crippen LogP) is 3.80. The van der Waals surface area contributed by atoms with Crippen molar-refractivity contribution in [3.8, 4) is 11.1 Å². The first-order valence-corrected chi connectivity index (χ1v) is 12.8. The topological polar surface area (TPSA) is 98.0 Å². The van der Waals surface area contributed by atoms with Gasteiger partial charge in [0.25, 0.3) is 5.92 Å². The van der Waals surface area contributed by atoms with Gasteiger partial charge >= 0.3 is 0 Å². The number of hydrogen-bond acceptors (Lipinski definition) is 8. The molecule has 0 spiro atoms. The molecule has 0 saturated heterocycles. The molecule has 3 aromatic heterocycles. The molecule has 0 radical (unpaired) electrons. The van der Waals surface area contributed by atoms with Gasteiger partial charge in [0.15, 0.2) is 5.82 Å². The van der Waals surface area contributed by atoms with Gasteiger partial charge in [-0.2, -0.15) is 0 Å². The smallest absolute Gasteiger partial charge is 0.251 e. The Morgan fingerprint density at radius 1 is 1.14 bits per heavy atom. The van der Waals surface area contributed by atoms with Crippen molar-refractivity contribution in [2.75, 3.05) is 25.6 Å². The van der Waals surface area contributed by atoms with Gasteiger partial charge in [-0.05, 0) is 43.9 Å². The van der Waals surface area contributed by atoms with Crippen LogP contribution in [0.5, 0.6) is 0 Å². The van der Waals surface area contributed by atoms with E-state index >= 15 is 0 Å². The number of rotatable bonds is 9. The van der Waals surface area contributed by atoms with E-state index in [-0.39, 0.29) is 31.0 Å². The number of nitrogens with one attached hydrogen (secondary N) is 2. The molecule has 3 aromatic rings. The van der Waals surface area contributed by atoms with Crippen LogP contribution in [0.25, 0.3) is 16.6 Å². The number of ether oxygens (including phenoxy) is 2. The first kappa shape index (κ1) is 24.3. The Bertz CT molecular complexity index is 1310. The van der Waals surface area contributed by atoms with E-state index in [1.165, 1.54) is 0 Å². The maximum Gasteiger partial charge on any atom is 0.251 e. The predicted molar refractivity (Wildman–Crippen MR) is 136 cm³/mol. The zero-order valence-electron chi connectivity index (χ0n) is 21.0. The molecule has 0 amide bonds. The fourth-order valence-electron chi connectivity index (χ4n) is 5.27. The van der Waals surface area contributed by atoms with E-state index in [4.69, 9.17) is 9.47 Å². The normalized spacial score (nSPS) is 24.8. The van der Waals surface area contributed by atoms with Gasteiger partial charge in [0.05, 0.1) is 31.0 Å². The molecule has 1 unspecified atom stereocenters. The van der Waals surface area contributed by atoms with Gasteiger partial charge in [-0.1, -0.05) is 0 Å². The number of pyridine rings is 1. The van der Waals surface area contributed by atoms with Crippen molar-refractivity contribution in [2.45, 2.75) is 69.2 Å². The maximum absolute atomic E-state index is 13.3. The molecular formula is C26H31F2N7O2. The number of methoxy groups -OCH3 is 1. The van der Waals surface area contributed by atoms with E-state index < -0.39 is 5.92 Å². The Morgan fingerprint density at radius 3 is 2.76 bits per heavy atom. The van der Waals surface area contributed by atoms with E-state index in [2.05, 4.69) is 36.8 Å². The van der Waals surface area contributed by atoms with Gasteiger partial charge in [0.1, 0.15) is 0 Å². The Labute approximate surface area is 213 Å². The van der Waals surface area contributed by atoms with Crippen molar-refractivity contribution in [2.24, 2.45) is 4.99 Å². The lowest BCUT2D eigenvalue weighted by Crippen LogP contribution is -2.54. The molecule has 196 valence electrons. The zero-order valence-corrected chi connectivity index (χ0v) is 21.0. The fraction of sp³-hybridized carbons (Fsp3) is 0.538. The minimum absolute atomic E-state index is 0.0649. The minimum Gasteiger partial charge on any atom is -0.382 e. The quantitative estimate of drug-likeness (QED) is 0.422. The van der Waals surface area contributed by atoms with Crippen LogP contribution in [0.15, 0.2) is 35.7 Å². The summed E-state index contributed by atoms with van der Waals surface area (Å²) in [7, 11) is 1.67. The summed E-state index contributed by atoms with van der Waals surface area (Å²) in [5, 5.41) is 11.4. The van der Waals surface area contributed by atoms with Gasteiger partial charge in [-0.25, -0.2) is 28.3 Å². The molecule has 2 aliphatic carbocycles. The summed E-state index contributed by atoms with van der Waals surface area (Å²) in [5.41, 5.74) is 4.68. The molecule has 6 rings (SSSR count). The van der Waals surface area contributed by atoms with Crippen molar-refractivity contribution in [3.05, 3.63) is 36.3 Å². The van der Waals surface area contributed by atoms with Crippen LogP contribution < -0.4 is 10.6 Å². The third-order valence-electron chi connectivity index (χ3n) is 7.48. The number of halogens is 2. The summed E-state index contributed by atoms with van der Waals surface area (Å²) in [6.07, 6.45) is 8.09. The highest BCUT2D eigenvalue weighted by atomic mass is 19.3. The molecule has 9 nitrogen and oxygen atoms in total. The van der Waals surface area contributed by atoms with Gasteiger partial charge in [-0.15, -0.1) is 5.10 Å². The first-order chi connectivity index (χ1) is 17.9. The molecule has 11 heteroatoms. The summed E-state index contributed by atoms with van der Waals surface area (Å²) in [6, 6.07) is 4.14. The lowest BCUT2D eigenvalue weighted by molar-refractivity contribution is -0.0935. The highest BCUT2D eigenvalue weighted by Gasteiger charge is 2.46. The van der Waals surface area contributed by atoms with Crippen LogP contribution in [0.1, 0.15) is 38.2 Å². The van der Waals surface area contributed by atoms with Crippen molar-refractivity contribution in [1.82, 2.24) is 24.9 Å². The Balaban J connectivity index is 1.13. The van der Waals surface area contributed by atoms with Crippen molar-refractivity contribution < 1.29 is 18.3 Å². The average molecular weight is 512 g/mol. The van der Waals surface area contributed by atoms with Gasteiger partial charge in [0, 0.05) is 67.3 Å². The van der Waals surface area contributed by atoms with Gasteiger partial charge < -0.3 is 20.1 Å². The Kier molecular flexibility index (Phi) is 6.37. The molecule has 37 heavy (non-hydrogen) atoms. The summed E-state index contributed by atoms with van der Waals surface area (Å²) in [5.74, 6) is -1.27. The molecule has 3 aliphatic rings. The minimum atomic E-state index is -2.54. The van der Waals surface area contributed by atoms with Crippen molar-refractivity contribution >= 4 is 23.0 Å². The lowest BCUT2D eigenvalue weighted by Gasteiger charge is -2.38. The number of alkyl halides is 2. The standard InChI is InChI=1S/C26H31F2N7O2/c1-15-22(32-19-11-26(27,28)12-19)8-16-7-17(13-29-24(16)31-15)21-3-4-35-23(21)14-30-25(34-35)33-18-9-20(10-18)37-6-5-36-2/h3-4,7,13-14,18-20,22,32H,5-6,8-12H2,1-2H3,(H,33,34). The number of aliphatic imine (C=N–C) groups is 1. The van der Waals surface area contributed by atoms with Gasteiger partial charge in [0.2, 0.25) is 5.95 Å². The third kappa shape index (κ3) is 5.07. The molecular weight excluding hydrogens is 480 g/mol. The van der Waals surface area contributed by atoms with E-state index in [1.807, 2.05) is 36.1 Å². The molecule has 1 atom stereocenters. The Hall–Kier alpha value is -3.02. The summed E-state index contributed by atoms with van der Waals surface area (Å²) >= 11 is 0. The lowest BCUT2D eigenvalue weighted by atomic mass is 9.86. The fourth-order valence-corrected chi connectivity index (χ4v) is 5.27. The highest BCUT2D eigenvalue weighted by molar-refractivity contribution is 5.92. The molecule has 2 saturated carbocycles. The second-order valence-electron chi connectivity index (χ2n) is 10.3. The van der Waals surface area contributed by atoms with Crippen LogP contribution in [0.2, 0.25) is 0 Å². The Morgan fingerprint density at radius 2 is 1.97 bits per heavy atom. The first-order valence-electron chi connectivity index (χ1n) is 12.8. The van der Waals surface area contributed by atoms with Crippen LogP contribution in [-0.2, 0) is 15.9 Å². The molecule has 4 heterocycles. The monoisotopic (exact) mass is 511 g/mol. The van der Waals surface area contributed by atoms with Crippen LogP contribution in [0.4, 0.5) is 20.5 Å². The average Bonchev–Trinajstić information content (AvgIpc) is 3.25. The van der Waals surface area contributed by atoms with Crippen LogP contribution in [0, 0.1) is 0 Å². The number of aromatic nitrogens is 4. The molecule has 0 bridgehead atoms. The molecule has 2 N–H and O–H groups in total. The number of anilines is 1. The molecule has 0 aromatic carbocycles. The van der Waals surface area contributed by atoms with E-state index in [0.717, 1.165) is 40.8 Å². The van der Waals surface area contributed by atoms with E-state index in [0.29, 0.717) is 37.4 Å². The zero-order chi connectivity index (χ0) is 25.6. The SMILES string of the molecule is COCCOC1CC(Nc2ncc3c(-c4cnc5c(c4)CC(NC4CC(F)(F)C4)C(C)=N5)ccn3n2)C1. The van der Waals surface area contributed by atoms with Crippen LogP contribution in [0.3, 0.4) is 0 Å². The van der Waals surface area contributed by atoms with Crippen molar-refractivity contribution in [1.29, 1.82) is 0 Å². The largest absolute Gasteiger partial charge is 0.382 e. The second kappa shape index (κ2) is 9.70. The molecule has 2 fully saturated rings. The highest BCUT2D eigenvalue weighted by Crippen LogP contribution is 2.38. The number of fused-ring (bicyclic) bond motifs is 2. The van der Waals surface area contributed by atoms with Crippen molar-refractivity contribution in [3.63, 3.8) is 0 Å². The summed E-state index contributed by atoms with van der Waals surface area (Å²) in [6.45, 7) is 3.15. The summed E-state index contributed by atoms with van der Waals surface area (Å²) < 4.78 is 39.2. The third-order valence-corrected chi connectivity index (χ3v) is 7.48. The maximum atomic E-state index is 13.3. The van der Waals surface area contributed by atoms with E-state index in [1.54, 1.807) is 7.11 Å². The number of hydrogen-bond donors (Lipinski definition) is 2. The van der Waals surface area contributed by atoms with Crippen LogP contribution in [-0.4, -0.2) is 75.8 Å². The second-order valence-corrected chi connectivity index (χ2v) is 10.3. The van der Waals surface area contributed by atoms with Crippen LogP contribution >= 0.6 is 0 Å². The number of nitrogens with zero attached hydrogens (tertiary/aromatic N) is 5. The summed E-state index contributed by atoms with van der Waals surface area (Å²) in [4.78, 5) is 13.8. The molecule has 1 aliphatic heterocycles. The van der Waals surface area contributed by atoms with Gasteiger partial charge in [-0.3, -0.25) is 0 Å².